The normalized spacial score (nSPS) is 11.0. The summed E-state index contributed by atoms with van der Waals surface area (Å²) in [6.45, 7) is 2.17. The molecule has 0 unspecified atom stereocenters. The Morgan fingerprint density at radius 2 is 1.93 bits per heavy atom. The van der Waals surface area contributed by atoms with Crippen LogP contribution in [0.5, 0.6) is 0 Å². The van der Waals surface area contributed by atoms with E-state index < -0.39 is 23.1 Å². The standard InChI is InChI=1S/C21H20F2N2O3/c1-13-18(20(26)24-12-14-5-3-6-15(22)11-14)16-7-4-8-17(23)19(16)21(27)25(13)9-10-28-2/h3-8,11H,9-10,12H2,1-2H3,(H,24,26). The van der Waals surface area contributed by atoms with E-state index in [2.05, 4.69) is 5.32 Å². The van der Waals surface area contributed by atoms with Gasteiger partial charge in [0.2, 0.25) is 0 Å². The van der Waals surface area contributed by atoms with Crippen molar-refractivity contribution >= 4 is 16.7 Å². The number of hydrogen-bond donors (Lipinski definition) is 1. The van der Waals surface area contributed by atoms with Crippen molar-refractivity contribution in [3.8, 4) is 0 Å². The molecule has 28 heavy (non-hydrogen) atoms. The Morgan fingerprint density at radius 1 is 1.18 bits per heavy atom. The van der Waals surface area contributed by atoms with Gasteiger partial charge in [-0.15, -0.1) is 0 Å². The number of carbonyl (C=O) groups excluding carboxylic acids is 1. The van der Waals surface area contributed by atoms with Gasteiger partial charge in [0.1, 0.15) is 11.6 Å². The Labute approximate surface area is 160 Å². The molecule has 1 aromatic heterocycles. The van der Waals surface area contributed by atoms with Crippen molar-refractivity contribution in [1.29, 1.82) is 0 Å². The minimum atomic E-state index is -0.687. The van der Waals surface area contributed by atoms with Crippen molar-refractivity contribution in [3.63, 3.8) is 0 Å². The number of fused-ring (bicyclic) bond motifs is 1. The highest BCUT2D eigenvalue weighted by atomic mass is 19.1. The molecule has 0 aliphatic rings. The summed E-state index contributed by atoms with van der Waals surface area (Å²) in [5.41, 5.74) is 0.706. The van der Waals surface area contributed by atoms with E-state index in [9.17, 15) is 18.4 Å². The van der Waals surface area contributed by atoms with E-state index in [1.807, 2.05) is 0 Å². The zero-order valence-corrected chi connectivity index (χ0v) is 15.6. The zero-order valence-electron chi connectivity index (χ0n) is 15.6. The van der Waals surface area contributed by atoms with E-state index in [1.54, 1.807) is 25.1 Å². The number of methoxy groups -OCH3 is 1. The number of nitrogens with zero attached hydrogens (tertiary/aromatic N) is 1. The van der Waals surface area contributed by atoms with E-state index in [4.69, 9.17) is 4.74 Å². The van der Waals surface area contributed by atoms with E-state index in [-0.39, 0.29) is 36.0 Å². The van der Waals surface area contributed by atoms with Crippen molar-refractivity contribution in [2.45, 2.75) is 20.0 Å². The third-order valence-corrected chi connectivity index (χ3v) is 4.60. The van der Waals surface area contributed by atoms with Gasteiger partial charge in [-0.2, -0.15) is 0 Å². The van der Waals surface area contributed by atoms with Crippen molar-refractivity contribution in [2.75, 3.05) is 13.7 Å². The van der Waals surface area contributed by atoms with Gasteiger partial charge in [0, 0.05) is 31.3 Å². The quantitative estimate of drug-likeness (QED) is 0.708. The maximum atomic E-state index is 14.4. The monoisotopic (exact) mass is 386 g/mol. The summed E-state index contributed by atoms with van der Waals surface area (Å²) in [6, 6.07) is 10.1. The van der Waals surface area contributed by atoms with Crippen molar-refractivity contribution in [1.82, 2.24) is 9.88 Å². The second kappa shape index (κ2) is 8.31. The maximum absolute atomic E-state index is 14.4. The maximum Gasteiger partial charge on any atom is 0.261 e. The molecule has 1 N–H and O–H groups in total. The smallest absolute Gasteiger partial charge is 0.261 e. The first kappa shape index (κ1) is 19.7. The lowest BCUT2D eigenvalue weighted by Crippen LogP contribution is -2.31. The summed E-state index contributed by atoms with van der Waals surface area (Å²) >= 11 is 0. The summed E-state index contributed by atoms with van der Waals surface area (Å²) in [5.74, 6) is -1.56. The molecule has 0 atom stereocenters. The number of aromatic nitrogens is 1. The number of carbonyl (C=O) groups is 1. The molecular formula is C21H20F2N2O3. The molecule has 0 fully saturated rings. The largest absolute Gasteiger partial charge is 0.383 e. The van der Waals surface area contributed by atoms with Gasteiger partial charge in [0.05, 0.1) is 17.6 Å². The van der Waals surface area contributed by atoms with Gasteiger partial charge in [0.15, 0.2) is 0 Å². The van der Waals surface area contributed by atoms with Gasteiger partial charge in [-0.25, -0.2) is 8.78 Å². The third kappa shape index (κ3) is 3.80. The summed E-state index contributed by atoms with van der Waals surface area (Å²) in [4.78, 5) is 25.7. The predicted octanol–water partition coefficient (Wildman–Crippen LogP) is 3.16. The Kier molecular flexibility index (Phi) is 5.84. The number of halogens is 2. The first-order valence-electron chi connectivity index (χ1n) is 8.77. The summed E-state index contributed by atoms with van der Waals surface area (Å²) < 4.78 is 34.1. The van der Waals surface area contributed by atoms with Crippen LogP contribution in [0.25, 0.3) is 10.8 Å². The summed E-state index contributed by atoms with van der Waals surface area (Å²) in [5, 5.41) is 2.83. The molecule has 0 saturated heterocycles. The molecule has 0 aliphatic heterocycles. The average Bonchev–Trinajstić information content (AvgIpc) is 2.66. The fourth-order valence-electron chi connectivity index (χ4n) is 3.22. The molecule has 0 aliphatic carbocycles. The van der Waals surface area contributed by atoms with Crippen LogP contribution in [0.3, 0.4) is 0 Å². The topological polar surface area (TPSA) is 60.3 Å². The molecule has 1 amide bonds. The third-order valence-electron chi connectivity index (χ3n) is 4.60. The highest BCUT2D eigenvalue weighted by Crippen LogP contribution is 2.22. The molecule has 2 aromatic carbocycles. The van der Waals surface area contributed by atoms with Crippen LogP contribution in [0.1, 0.15) is 21.6 Å². The molecule has 0 bridgehead atoms. The fourth-order valence-corrected chi connectivity index (χ4v) is 3.22. The minimum absolute atomic E-state index is 0.101. The van der Waals surface area contributed by atoms with Crippen molar-refractivity contribution in [2.24, 2.45) is 0 Å². The molecule has 146 valence electrons. The SMILES string of the molecule is COCCn1c(C)c(C(=O)NCc2cccc(F)c2)c2cccc(F)c2c1=O. The van der Waals surface area contributed by atoms with E-state index in [0.29, 0.717) is 11.3 Å². The second-order valence-electron chi connectivity index (χ2n) is 6.38. The first-order chi connectivity index (χ1) is 13.4. The number of pyridine rings is 1. The Hall–Kier alpha value is -3.06. The van der Waals surface area contributed by atoms with Crippen LogP contribution in [-0.2, 0) is 17.8 Å². The molecule has 3 rings (SSSR count). The summed E-state index contributed by atoms with van der Waals surface area (Å²) in [7, 11) is 1.49. The Balaban J connectivity index is 2.06. The van der Waals surface area contributed by atoms with Crippen LogP contribution in [0, 0.1) is 18.6 Å². The van der Waals surface area contributed by atoms with Crippen LogP contribution in [-0.4, -0.2) is 24.2 Å². The van der Waals surface area contributed by atoms with Crippen LogP contribution >= 0.6 is 0 Å². The number of amides is 1. The van der Waals surface area contributed by atoms with E-state index in [1.165, 1.54) is 35.9 Å². The number of benzene rings is 2. The molecule has 5 nitrogen and oxygen atoms in total. The van der Waals surface area contributed by atoms with Crippen molar-refractivity contribution < 1.29 is 18.3 Å². The summed E-state index contributed by atoms with van der Waals surface area (Å²) in [6.07, 6.45) is 0. The van der Waals surface area contributed by atoms with Crippen molar-refractivity contribution in [3.05, 3.63) is 81.3 Å². The van der Waals surface area contributed by atoms with Crippen LogP contribution < -0.4 is 10.9 Å². The average molecular weight is 386 g/mol. The molecule has 7 heteroatoms. The molecule has 0 radical (unpaired) electrons. The lowest BCUT2D eigenvalue weighted by molar-refractivity contribution is 0.0950. The number of ether oxygens (including phenoxy) is 1. The number of nitrogens with one attached hydrogen (secondary N) is 1. The van der Waals surface area contributed by atoms with Gasteiger partial charge >= 0.3 is 0 Å². The van der Waals surface area contributed by atoms with Gasteiger partial charge < -0.3 is 14.6 Å². The molecule has 3 aromatic rings. The Bertz CT molecular complexity index is 1090. The van der Waals surface area contributed by atoms with E-state index in [0.717, 1.165) is 0 Å². The molecular weight excluding hydrogens is 366 g/mol. The van der Waals surface area contributed by atoms with Gasteiger partial charge in [0.25, 0.3) is 11.5 Å². The highest BCUT2D eigenvalue weighted by molar-refractivity contribution is 6.07. The van der Waals surface area contributed by atoms with Gasteiger partial charge in [-0.05, 0) is 30.7 Å². The molecule has 1 heterocycles. The fraction of sp³-hybridized carbons (Fsp3) is 0.238. The zero-order chi connectivity index (χ0) is 20.3. The predicted molar refractivity (Wildman–Crippen MR) is 102 cm³/mol. The van der Waals surface area contributed by atoms with Gasteiger partial charge in [-0.3, -0.25) is 9.59 Å². The van der Waals surface area contributed by atoms with Gasteiger partial charge in [-0.1, -0.05) is 24.3 Å². The van der Waals surface area contributed by atoms with Crippen LogP contribution in [0.4, 0.5) is 8.78 Å². The van der Waals surface area contributed by atoms with Crippen LogP contribution in [0.15, 0.2) is 47.3 Å². The number of hydrogen-bond acceptors (Lipinski definition) is 3. The molecule has 0 saturated carbocycles. The van der Waals surface area contributed by atoms with E-state index >= 15 is 0 Å². The lowest BCUT2D eigenvalue weighted by Gasteiger charge is -2.17. The van der Waals surface area contributed by atoms with Crippen LogP contribution in [0.2, 0.25) is 0 Å². The Morgan fingerprint density at radius 3 is 2.64 bits per heavy atom. The second-order valence-corrected chi connectivity index (χ2v) is 6.38. The lowest BCUT2D eigenvalue weighted by atomic mass is 10.0. The first-order valence-corrected chi connectivity index (χ1v) is 8.77. The highest BCUT2D eigenvalue weighted by Gasteiger charge is 2.21. The molecule has 0 spiro atoms. The number of rotatable bonds is 6. The minimum Gasteiger partial charge on any atom is -0.383 e.